The Kier molecular flexibility index (Phi) is 8.82. The van der Waals surface area contributed by atoms with Crippen molar-refractivity contribution >= 4 is 51.6 Å². The number of rotatable bonds is 10. The highest BCUT2D eigenvalue weighted by molar-refractivity contribution is 5.99. The van der Waals surface area contributed by atoms with Crippen LogP contribution >= 0.6 is 0 Å². The van der Waals surface area contributed by atoms with Gasteiger partial charge in [-0.1, -0.05) is 0 Å². The van der Waals surface area contributed by atoms with E-state index in [1.165, 1.54) is 6.33 Å². The number of carbonyl (C=O) groups is 2. The van der Waals surface area contributed by atoms with Crippen LogP contribution < -0.4 is 16.4 Å². The quantitative estimate of drug-likeness (QED) is 0.208. The topological polar surface area (TPSA) is 201 Å². The smallest absolute Gasteiger partial charge is 0.292 e. The van der Waals surface area contributed by atoms with Crippen LogP contribution in [0.5, 0.6) is 0 Å². The third-order valence-corrected chi connectivity index (χ3v) is 8.98. The van der Waals surface area contributed by atoms with E-state index in [9.17, 15) is 9.59 Å². The van der Waals surface area contributed by atoms with E-state index in [-0.39, 0.29) is 23.7 Å². The summed E-state index contributed by atoms with van der Waals surface area (Å²) in [5.41, 5.74) is 15.8. The first-order valence-electron chi connectivity index (χ1n) is 16.1. The van der Waals surface area contributed by atoms with Crippen LogP contribution in [-0.2, 0) is 9.53 Å². The monoisotopic (exact) mass is 654 g/mol. The summed E-state index contributed by atoms with van der Waals surface area (Å²) in [6.07, 6.45) is 6.53. The van der Waals surface area contributed by atoms with Gasteiger partial charge >= 0.3 is 0 Å². The van der Waals surface area contributed by atoms with Crippen molar-refractivity contribution in [2.24, 2.45) is 0 Å². The van der Waals surface area contributed by atoms with E-state index < -0.39 is 0 Å². The Morgan fingerprint density at radius 2 is 1.75 bits per heavy atom. The van der Waals surface area contributed by atoms with Crippen LogP contribution in [0.25, 0.3) is 33.4 Å². The maximum Gasteiger partial charge on any atom is 0.292 e. The molecule has 0 unspecified atom stereocenters. The molecule has 1 aromatic carbocycles. The zero-order valence-electron chi connectivity index (χ0n) is 26.8. The van der Waals surface area contributed by atoms with E-state index in [1.54, 1.807) is 25.4 Å². The van der Waals surface area contributed by atoms with Crippen molar-refractivity contribution in [3.05, 3.63) is 42.5 Å². The predicted molar refractivity (Wildman–Crippen MR) is 178 cm³/mol. The molecule has 250 valence electrons. The average molecular weight is 655 g/mol. The molecular weight excluding hydrogens is 616 g/mol. The maximum absolute atomic E-state index is 13.4. The van der Waals surface area contributed by atoms with Crippen LogP contribution in [0.2, 0.25) is 0 Å². The zero-order valence-corrected chi connectivity index (χ0v) is 26.8. The highest BCUT2D eigenvalue weighted by atomic mass is 16.5. The first kappa shape index (κ1) is 31.4. The minimum Gasteiger partial charge on any atom is -0.424 e. The fourth-order valence-corrected chi connectivity index (χ4v) is 6.32. The van der Waals surface area contributed by atoms with Gasteiger partial charge in [0.15, 0.2) is 11.2 Å². The lowest BCUT2D eigenvalue weighted by Gasteiger charge is -2.34. The second-order valence-corrected chi connectivity index (χ2v) is 12.2. The van der Waals surface area contributed by atoms with Crippen LogP contribution in [0.4, 0.5) is 17.8 Å². The molecule has 7 rings (SSSR count). The van der Waals surface area contributed by atoms with Gasteiger partial charge in [-0.3, -0.25) is 14.5 Å². The Hall–Kier alpha value is -5.22. The highest BCUT2D eigenvalue weighted by Gasteiger charge is 2.29. The Balaban J connectivity index is 0.963. The van der Waals surface area contributed by atoms with Gasteiger partial charge in [-0.2, -0.15) is 10.1 Å². The van der Waals surface area contributed by atoms with Crippen molar-refractivity contribution in [1.29, 1.82) is 0 Å². The molecule has 1 amide bonds. The second-order valence-electron chi connectivity index (χ2n) is 12.2. The van der Waals surface area contributed by atoms with Crippen molar-refractivity contribution in [3.8, 4) is 11.3 Å². The van der Waals surface area contributed by atoms with Gasteiger partial charge in [0.1, 0.15) is 29.1 Å². The third kappa shape index (κ3) is 6.48. The summed E-state index contributed by atoms with van der Waals surface area (Å²) in [4.78, 5) is 52.9. The molecule has 0 spiro atoms. The summed E-state index contributed by atoms with van der Waals surface area (Å²) in [5.74, 6) is 1.01. The normalized spacial score (nSPS) is 16.3. The molecule has 2 saturated heterocycles. The molecule has 16 nitrogen and oxygen atoms in total. The van der Waals surface area contributed by atoms with Crippen molar-refractivity contribution in [2.45, 2.75) is 32.2 Å². The number of hydrogen-bond donors (Lipinski definition) is 2. The number of aromatic nitrogens is 7. The molecule has 5 aromatic rings. The fourth-order valence-electron chi connectivity index (χ4n) is 6.32. The van der Waals surface area contributed by atoms with E-state index in [4.69, 9.17) is 25.7 Å². The van der Waals surface area contributed by atoms with Crippen molar-refractivity contribution in [2.75, 3.05) is 75.4 Å². The summed E-state index contributed by atoms with van der Waals surface area (Å²) >= 11 is 0. The molecule has 2 fully saturated rings. The number of ether oxygens (including phenoxy) is 1. The van der Waals surface area contributed by atoms with Gasteiger partial charge in [0.05, 0.1) is 30.2 Å². The number of carbonyl (C=O) groups excluding carboxylic acids is 2. The number of anilines is 3. The number of nitrogen functional groups attached to an aromatic ring is 2. The van der Waals surface area contributed by atoms with Gasteiger partial charge in [0, 0.05) is 70.2 Å². The first-order chi connectivity index (χ1) is 23.3. The van der Waals surface area contributed by atoms with Crippen LogP contribution in [-0.4, -0.2) is 115 Å². The van der Waals surface area contributed by atoms with Gasteiger partial charge in [0.2, 0.25) is 5.95 Å². The van der Waals surface area contributed by atoms with Crippen molar-refractivity contribution in [3.63, 3.8) is 0 Å². The predicted octanol–water partition coefficient (Wildman–Crippen LogP) is 2.18. The molecule has 0 bridgehead atoms. The lowest BCUT2D eigenvalue weighted by molar-refractivity contribution is -0.118. The Bertz CT molecular complexity index is 1930. The van der Waals surface area contributed by atoms with Gasteiger partial charge in [-0.15, -0.1) is 0 Å². The second kappa shape index (κ2) is 13.5. The SMILES string of the molecule is CC(=O)CCOCCN1CCN(c2ncc(C(=O)N3CCC(n4nc(-c5ccc6oc(N)nc6c5)c5c(N)ncnc54)CC3)cn2)CC1. The van der Waals surface area contributed by atoms with Gasteiger partial charge < -0.3 is 30.4 Å². The number of nitrogens with zero attached hydrogens (tertiary/aromatic N) is 10. The van der Waals surface area contributed by atoms with E-state index in [1.807, 2.05) is 21.7 Å². The Labute approximate surface area is 276 Å². The number of benzene rings is 1. The van der Waals surface area contributed by atoms with E-state index in [0.29, 0.717) is 90.7 Å². The minimum atomic E-state index is -0.0904. The Morgan fingerprint density at radius 3 is 2.50 bits per heavy atom. The number of nitrogens with two attached hydrogens (primary N) is 2. The van der Waals surface area contributed by atoms with Gasteiger partial charge in [-0.05, 0) is 38.0 Å². The number of fused-ring (bicyclic) bond motifs is 2. The number of ketones is 1. The van der Waals surface area contributed by atoms with E-state index in [0.717, 1.165) is 38.3 Å². The lowest BCUT2D eigenvalue weighted by Crippen LogP contribution is -2.48. The number of Topliss-reactive ketones (excluding diaryl/α,β-unsaturated/α-hetero) is 1. The summed E-state index contributed by atoms with van der Waals surface area (Å²) in [6, 6.07) is 5.66. The molecule has 0 aliphatic carbocycles. The molecule has 2 aliphatic heterocycles. The summed E-state index contributed by atoms with van der Waals surface area (Å²) in [7, 11) is 0. The molecule has 48 heavy (non-hydrogen) atoms. The molecule has 0 saturated carbocycles. The molecule has 16 heteroatoms. The van der Waals surface area contributed by atoms with Crippen LogP contribution in [0.3, 0.4) is 0 Å². The average Bonchev–Trinajstić information content (AvgIpc) is 3.68. The fraction of sp³-hybridized carbons (Fsp3) is 0.438. The minimum absolute atomic E-state index is 0.00965. The molecule has 4 N–H and O–H groups in total. The number of piperidine rings is 1. The largest absolute Gasteiger partial charge is 0.424 e. The van der Waals surface area contributed by atoms with Crippen molar-refractivity contribution in [1.82, 2.24) is 44.5 Å². The summed E-state index contributed by atoms with van der Waals surface area (Å²) in [6.45, 7) is 7.89. The first-order valence-corrected chi connectivity index (χ1v) is 16.1. The lowest BCUT2D eigenvalue weighted by atomic mass is 10.0. The van der Waals surface area contributed by atoms with Gasteiger partial charge in [0.25, 0.3) is 11.9 Å². The molecule has 4 aromatic heterocycles. The van der Waals surface area contributed by atoms with Crippen LogP contribution in [0, 0.1) is 0 Å². The number of likely N-dealkylation sites (tertiary alicyclic amines) is 1. The number of piperazine rings is 1. The highest BCUT2D eigenvalue weighted by Crippen LogP contribution is 2.35. The Morgan fingerprint density at radius 1 is 0.979 bits per heavy atom. The number of hydrogen-bond acceptors (Lipinski definition) is 14. The number of oxazole rings is 1. The number of amides is 1. The molecule has 0 atom stereocenters. The molecule has 0 radical (unpaired) electrons. The third-order valence-electron chi connectivity index (χ3n) is 8.98. The zero-order chi connectivity index (χ0) is 33.2. The van der Waals surface area contributed by atoms with Crippen LogP contribution in [0.15, 0.2) is 41.3 Å². The summed E-state index contributed by atoms with van der Waals surface area (Å²) < 4.78 is 12.9. The molecule has 2 aliphatic rings. The van der Waals surface area contributed by atoms with E-state index >= 15 is 0 Å². The van der Waals surface area contributed by atoms with Gasteiger partial charge in [-0.25, -0.2) is 24.6 Å². The van der Waals surface area contributed by atoms with E-state index in [2.05, 4.69) is 34.7 Å². The van der Waals surface area contributed by atoms with Crippen molar-refractivity contribution < 1.29 is 18.7 Å². The van der Waals surface area contributed by atoms with Crippen LogP contribution in [0.1, 0.15) is 42.6 Å². The molecular formula is C32H38N12O4. The molecule has 6 heterocycles. The maximum atomic E-state index is 13.4. The standard InChI is InChI=1S/C32H38N12O4/c1-20(45)6-14-47-15-13-41-9-11-43(12-10-41)32-35-17-22(18-36-32)30(46)42-7-4-23(5-8-42)44-29-26(28(33)37-19-38-29)27(40-44)21-2-3-25-24(16-21)39-31(34)48-25/h2-3,16-19,23H,4-15H2,1H3,(H2,34,39)(H2,33,37,38). The summed E-state index contributed by atoms with van der Waals surface area (Å²) in [5, 5.41) is 5.64.